The summed E-state index contributed by atoms with van der Waals surface area (Å²) in [6.45, 7) is 1.72. The molecule has 0 aliphatic carbocycles. The van der Waals surface area contributed by atoms with Crippen LogP contribution < -0.4 is 5.73 Å². The Bertz CT molecular complexity index is 408. The largest absolute Gasteiger partial charge is 0.464 e. The zero-order valence-electron chi connectivity index (χ0n) is 8.27. The summed E-state index contributed by atoms with van der Waals surface area (Å²) >= 11 is 0.886. The summed E-state index contributed by atoms with van der Waals surface area (Å²) < 4.78 is 4.53. The van der Waals surface area contributed by atoms with Crippen LogP contribution in [0.3, 0.4) is 0 Å². The fourth-order valence-corrected chi connectivity index (χ4v) is 1.42. The van der Waals surface area contributed by atoms with E-state index in [-0.39, 0.29) is 16.0 Å². The molecule has 15 heavy (non-hydrogen) atoms. The molecule has 0 fully saturated rings. The molecule has 1 aromatic rings. The van der Waals surface area contributed by atoms with E-state index in [1.54, 1.807) is 6.92 Å². The van der Waals surface area contributed by atoms with Gasteiger partial charge in [0.25, 0.3) is 0 Å². The van der Waals surface area contributed by atoms with Gasteiger partial charge in [-0.05, 0) is 24.8 Å². The molecule has 0 bridgehead atoms. The molecule has 80 valence electrons. The van der Waals surface area contributed by atoms with Gasteiger partial charge < -0.3 is 10.5 Å². The van der Waals surface area contributed by atoms with Crippen molar-refractivity contribution in [2.45, 2.75) is 12.1 Å². The number of methoxy groups -OCH3 is 1. The van der Waals surface area contributed by atoms with E-state index in [0.717, 1.165) is 11.8 Å². The number of hydrogen-bond acceptors (Lipinski definition) is 6. The van der Waals surface area contributed by atoms with Gasteiger partial charge in [-0.25, -0.2) is 14.8 Å². The van der Waals surface area contributed by atoms with Crippen LogP contribution in [0.5, 0.6) is 0 Å². The Morgan fingerprint density at radius 3 is 2.80 bits per heavy atom. The average molecular weight is 226 g/mol. The first kappa shape index (κ1) is 11.4. The van der Waals surface area contributed by atoms with Crippen LogP contribution in [0.2, 0.25) is 0 Å². The highest BCUT2D eigenvalue weighted by Crippen LogP contribution is 2.13. The lowest BCUT2D eigenvalue weighted by Crippen LogP contribution is -2.09. The zero-order valence-corrected chi connectivity index (χ0v) is 9.09. The number of rotatable bonds is 2. The Labute approximate surface area is 90.8 Å². The molecule has 0 saturated heterocycles. The number of nitrogens with two attached hydrogens (primary N) is 1. The molecule has 0 unspecified atom stereocenters. The molecule has 0 aromatic carbocycles. The lowest BCUT2D eigenvalue weighted by Gasteiger charge is -2.02. The van der Waals surface area contributed by atoms with Gasteiger partial charge in [-0.1, -0.05) is 0 Å². The van der Waals surface area contributed by atoms with Crippen molar-refractivity contribution in [1.29, 1.82) is 5.41 Å². The number of ether oxygens (including phenoxy) is 1. The molecule has 1 aromatic heterocycles. The molecule has 0 spiro atoms. The molecule has 6 nitrogen and oxygen atoms in total. The number of thioether (sulfide) groups is 1. The number of carbonyl (C=O) groups excluding carboxylic acids is 1. The van der Waals surface area contributed by atoms with Gasteiger partial charge >= 0.3 is 5.97 Å². The minimum atomic E-state index is -0.536. The molecule has 3 N–H and O–H groups in total. The third-order valence-corrected chi connectivity index (χ3v) is 2.01. The Kier molecular flexibility index (Phi) is 3.62. The number of amidine groups is 1. The highest BCUT2D eigenvalue weighted by Gasteiger charge is 2.11. The molecule has 0 amide bonds. The number of nitrogens with zero attached hydrogens (tertiary/aromatic N) is 2. The Hall–Kier alpha value is -1.63. The Morgan fingerprint density at radius 1 is 1.60 bits per heavy atom. The van der Waals surface area contributed by atoms with E-state index in [1.807, 2.05) is 0 Å². The first-order valence-corrected chi connectivity index (χ1v) is 4.80. The van der Waals surface area contributed by atoms with Crippen molar-refractivity contribution in [1.82, 2.24) is 9.97 Å². The van der Waals surface area contributed by atoms with E-state index in [4.69, 9.17) is 11.1 Å². The van der Waals surface area contributed by atoms with Gasteiger partial charge in [0.2, 0.25) is 0 Å². The van der Waals surface area contributed by atoms with Crippen LogP contribution >= 0.6 is 11.8 Å². The van der Waals surface area contributed by atoms with Crippen LogP contribution in [-0.4, -0.2) is 28.2 Å². The topological polar surface area (TPSA) is 102 Å². The molecule has 0 saturated carbocycles. The summed E-state index contributed by atoms with van der Waals surface area (Å²) in [4.78, 5) is 19.1. The molecular weight excluding hydrogens is 216 g/mol. The normalized spacial score (nSPS) is 9.73. The second-order valence-electron chi connectivity index (χ2n) is 2.64. The van der Waals surface area contributed by atoms with Gasteiger partial charge in [-0.15, -0.1) is 0 Å². The molecule has 1 rings (SSSR count). The van der Waals surface area contributed by atoms with Crippen LogP contribution in [0.15, 0.2) is 11.2 Å². The number of esters is 1. The molecule has 0 radical (unpaired) electrons. The van der Waals surface area contributed by atoms with Crippen molar-refractivity contribution in [3.8, 4) is 0 Å². The summed E-state index contributed by atoms with van der Waals surface area (Å²) in [7, 11) is 1.28. The zero-order chi connectivity index (χ0) is 11.4. The van der Waals surface area contributed by atoms with Crippen molar-refractivity contribution in [3.05, 3.63) is 17.5 Å². The highest BCUT2D eigenvalue weighted by molar-refractivity contribution is 8.13. The van der Waals surface area contributed by atoms with Crippen molar-refractivity contribution >= 4 is 22.9 Å². The standard InChI is InChI=1S/C8H10N4O2S/c1-4-3-5(6(13)14-2)12-8(11-4)15-7(9)10/h3H,1-2H3,(H3,9,10). The smallest absolute Gasteiger partial charge is 0.356 e. The molecule has 1 heterocycles. The molecular formula is C8H10N4O2S. The lowest BCUT2D eigenvalue weighted by molar-refractivity contribution is 0.0592. The fraction of sp³-hybridized carbons (Fsp3) is 0.250. The summed E-state index contributed by atoms with van der Waals surface area (Å²) in [5.74, 6) is -0.536. The van der Waals surface area contributed by atoms with Crippen LogP contribution in [-0.2, 0) is 4.74 Å². The van der Waals surface area contributed by atoms with Crippen molar-refractivity contribution in [2.75, 3.05) is 7.11 Å². The number of aromatic nitrogens is 2. The van der Waals surface area contributed by atoms with Crippen molar-refractivity contribution < 1.29 is 9.53 Å². The summed E-state index contributed by atoms with van der Waals surface area (Å²) in [6.07, 6.45) is 0. The van der Waals surface area contributed by atoms with E-state index in [2.05, 4.69) is 14.7 Å². The first-order valence-electron chi connectivity index (χ1n) is 3.99. The number of aryl methyl sites for hydroxylation is 1. The summed E-state index contributed by atoms with van der Waals surface area (Å²) in [5, 5.41) is 7.21. The van der Waals surface area contributed by atoms with E-state index >= 15 is 0 Å². The van der Waals surface area contributed by atoms with Crippen molar-refractivity contribution in [2.24, 2.45) is 5.73 Å². The monoisotopic (exact) mass is 226 g/mol. The Morgan fingerprint density at radius 2 is 2.27 bits per heavy atom. The summed E-state index contributed by atoms with van der Waals surface area (Å²) in [5.41, 5.74) is 5.96. The summed E-state index contributed by atoms with van der Waals surface area (Å²) in [6, 6.07) is 1.51. The number of hydrogen-bond donors (Lipinski definition) is 2. The van der Waals surface area contributed by atoms with Gasteiger partial charge in [-0.3, -0.25) is 5.41 Å². The third-order valence-electron chi connectivity index (χ3n) is 1.43. The Balaban J connectivity index is 3.04. The van der Waals surface area contributed by atoms with E-state index < -0.39 is 5.97 Å². The number of carbonyl (C=O) groups is 1. The maximum absolute atomic E-state index is 11.2. The minimum absolute atomic E-state index is 0.128. The second-order valence-corrected chi connectivity index (χ2v) is 3.64. The SMILES string of the molecule is COC(=O)c1cc(C)nc(SC(=N)N)n1. The average Bonchev–Trinajstić information content (AvgIpc) is 2.14. The quantitative estimate of drug-likeness (QED) is 0.251. The van der Waals surface area contributed by atoms with Crippen molar-refractivity contribution in [3.63, 3.8) is 0 Å². The third kappa shape index (κ3) is 3.21. The fourth-order valence-electron chi connectivity index (χ4n) is 0.894. The van der Waals surface area contributed by atoms with Gasteiger partial charge in [0.1, 0.15) is 0 Å². The minimum Gasteiger partial charge on any atom is -0.464 e. The molecule has 7 heteroatoms. The predicted octanol–water partition coefficient (Wildman–Crippen LogP) is 0.557. The molecule has 0 aliphatic heterocycles. The van der Waals surface area contributed by atoms with Crippen LogP contribution in [0.4, 0.5) is 0 Å². The van der Waals surface area contributed by atoms with Gasteiger partial charge in [0.05, 0.1) is 7.11 Å². The predicted molar refractivity (Wildman–Crippen MR) is 55.9 cm³/mol. The van der Waals surface area contributed by atoms with Crippen LogP contribution in [0.25, 0.3) is 0 Å². The second kappa shape index (κ2) is 4.74. The molecule has 0 aliphatic rings. The molecule has 0 atom stereocenters. The highest BCUT2D eigenvalue weighted by atomic mass is 32.2. The van der Waals surface area contributed by atoms with Crippen LogP contribution in [0, 0.1) is 12.3 Å². The first-order chi connectivity index (χ1) is 7.02. The van der Waals surface area contributed by atoms with E-state index in [1.165, 1.54) is 13.2 Å². The number of nitrogens with one attached hydrogen (secondary N) is 1. The maximum atomic E-state index is 11.2. The van der Waals surface area contributed by atoms with Crippen LogP contribution in [0.1, 0.15) is 16.2 Å². The lowest BCUT2D eigenvalue weighted by atomic mass is 10.3. The van der Waals surface area contributed by atoms with Gasteiger partial charge in [-0.2, -0.15) is 0 Å². The van der Waals surface area contributed by atoms with E-state index in [9.17, 15) is 4.79 Å². The maximum Gasteiger partial charge on any atom is 0.356 e. The van der Waals surface area contributed by atoms with Gasteiger partial charge in [0.15, 0.2) is 16.0 Å². The van der Waals surface area contributed by atoms with Gasteiger partial charge in [0, 0.05) is 5.69 Å². The van der Waals surface area contributed by atoms with E-state index in [0.29, 0.717) is 5.69 Å².